The van der Waals surface area contributed by atoms with Gasteiger partial charge in [-0.15, -0.1) is 0 Å². The van der Waals surface area contributed by atoms with Crippen molar-refractivity contribution in [3.05, 3.63) is 0 Å². The topological polar surface area (TPSA) is 57.2 Å². The average Bonchev–Trinajstić information content (AvgIpc) is 2.96. The Labute approximate surface area is 146 Å². The highest BCUT2D eigenvalue weighted by Gasteiger charge is 2.37. The molecule has 6 heteroatoms. The Morgan fingerprint density at radius 1 is 1.33 bits per heavy atom. The van der Waals surface area contributed by atoms with E-state index in [1.165, 1.54) is 32.9 Å². The molecular formula is C18H34N4O2. The Balaban J connectivity index is 1.87. The van der Waals surface area contributed by atoms with E-state index in [1.54, 1.807) is 0 Å². The second-order valence-electron chi connectivity index (χ2n) is 7.37. The molecule has 24 heavy (non-hydrogen) atoms. The van der Waals surface area contributed by atoms with Gasteiger partial charge >= 0.3 is 5.97 Å². The van der Waals surface area contributed by atoms with Gasteiger partial charge in [-0.25, -0.2) is 0 Å². The van der Waals surface area contributed by atoms with Gasteiger partial charge in [-0.2, -0.15) is 0 Å². The summed E-state index contributed by atoms with van der Waals surface area (Å²) in [4.78, 5) is 21.1. The van der Waals surface area contributed by atoms with Crippen LogP contribution in [0.2, 0.25) is 0 Å². The van der Waals surface area contributed by atoms with E-state index in [4.69, 9.17) is 4.74 Å². The Hall–Kier alpha value is -1.30. The molecule has 0 amide bonds. The molecule has 2 saturated heterocycles. The lowest BCUT2D eigenvalue weighted by Gasteiger charge is -2.38. The van der Waals surface area contributed by atoms with Crippen molar-refractivity contribution in [3.63, 3.8) is 0 Å². The highest BCUT2D eigenvalue weighted by atomic mass is 16.5. The van der Waals surface area contributed by atoms with Crippen molar-refractivity contribution in [2.45, 2.75) is 52.1 Å². The minimum Gasteiger partial charge on any atom is -0.469 e. The second-order valence-corrected chi connectivity index (χ2v) is 7.37. The Kier molecular flexibility index (Phi) is 6.90. The van der Waals surface area contributed by atoms with Gasteiger partial charge in [0.15, 0.2) is 5.96 Å². The summed E-state index contributed by atoms with van der Waals surface area (Å²) in [7, 11) is 3.28. The molecule has 0 saturated carbocycles. The van der Waals surface area contributed by atoms with Gasteiger partial charge in [0.05, 0.1) is 13.0 Å². The molecule has 6 nitrogen and oxygen atoms in total. The van der Waals surface area contributed by atoms with Crippen LogP contribution in [-0.4, -0.2) is 74.1 Å². The first-order valence-corrected chi connectivity index (χ1v) is 9.27. The number of piperidine rings is 1. The molecule has 0 bridgehead atoms. The Bertz CT molecular complexity index is 454. The van der Waals surface area contributed by atoms with Crippen LogP contribution in [-0.2, 0) is 9.53 Å². The van der Waals surface area contributed by atoms with E-state index in [-0.39, 0.29) is 17.8 Å². The van der Waals surface area contributed by atoms with Crippen LogP contribution in [0.15, 0.2) is 4.99 Å². The van der Waals surface area contributed by atoms with Gasteiger partial charge in [-0.05, 0) is 39.2 Å². The summed E-state index contributed by atoms with van der Waals surface area (Å²) in [6.45, 7) is 10.3. The number of methoxy groups -OCH3 is 1. The number of nitrogens with zero attached hydrogens (tertiary/aromatic N) is 3. The van der Waals surface area contributed by atoms with Gasteiger partial charge in [0.2, 0.25) is 0 Å². The predicted octanol–water partition coefficient (Wildman–Crippen LogP) is 1.57. The van der Waals surface area contributed by atoms with Crippen molar-refractivity contribution in [2.24, 2.45) is 16.8 Å². The highest BCUT2D eigenvalue weighted by Crippen LogP contribution is 2.24. The second kappa shape index (κ2) is 8.70. The molecular weight excluding hydrogens is 304 g/mol. The van der Waals surface area contributed by atoms with Crippen LogP contribution in [0.4, 0.5) is 0 Å². The Morgan fingerprint density at radius 2 is 2.08 bits per heavy atom. The first-order chi connectivity index (χ1) is 11.5. The fraction of sp³-hybridized carbons (Fsp3) is 0.889. The number of aliphatic imine (C=N–C) groups is 1. The number of nitrogens with one attached hydrogen (secondary N) is 1. The molecule has 4 unspecified atom stereocenters. The van der Waals surface area contributed by atoms with Crippen LogP contribution in [0.3, 0.4) is 0 Å². The third-order valence-electron chi connectivity index (χ3n) is 5.60. The third kappa shape index (κ3) is 4.41. The number of rotatable bonds is 4. The van der Waals surface area contributed by atoms with Crippen LogP contribution in [0, 0.1) is 11.8 Å². The normalized spacial score (nSPS) is 30.3. The summed E-state index contributed by atoms with van der Waals surface area (Å²) in [5.74, 6) is 1.00. The Morgan fingerprint density at radius 3 is 2.71 bits per heavy atom. The molecule has 2 aliphatic heterocycles. The molecule has 0 radical (unpaired) electrons. The van der Waals surface area contributed by atoms with Crippen molar-refractivity contribution in [2.75, 3.05) is 40.3 Å². The maximum absolute atomic E-state index is 11.9. The lowest BCUT2D eigenvalue weighted by molar-refractivity contribution is -0.145. The minimum absolute atomic E-state index is 0.0620. The smallest absolute Gasteiger partial charge is 0.310 e. The van der Waals surface area contributed by atoms with Crippen LogP contribution < -0.4 is 5.32 Å². The summed E-state index contributed by atoms with van der Waals surface area (Å²) < 4.78 is 4.92. The molecule has 1 N–H and O–H groups in total. The van der Waals surface area contributed by atoms with E-state index in [1.807, 2.05) is 7.05 Å². The fourth-order valence-corrected chi connectivity index (χ4v) is 4.06. The van der Waals surface area contributed by atoms with E-state index in [0.717, 1.165) is 19.0 Å². The average molecular weight is 338 g/mol. The lowest BCUT2D eigenvalue weighted by atomic mass is 9.99. The summed E-state index contributed by atoms with van der Waals surface area (Å²) in [5, 5.41) is 3.51. The molecule has 0 aliphatic carbocycles. The van der Waals surface area contributed by atoms with Crippen molar-refractivity contribution in [3.8, 4) is 0 Å². The van der Waals surface area contributed by atoms with Gasteiger partial charge in [-0.3, -0.25) is 14.7 Å². The first kappa shape index (κ1) is 19.0. The molecule has 0 aromatic heterocycles. The first-order valence-electron chi connectivity index (χ1n) is 9.27. The van der Waals surface area contributed by atoms with Gasteiger partial charge in [0, 0.05) is 38.8 Å². The van der Waals surface area contributed by atoms with Crippen molar-refractivity contribution in [1.29, 1.82) is 0 Å². The molecule has 138 valence electrons. The standard InChI is InChI=1S/C18H34N4O2/c1-13-11-21(12-16(13)17(23)24-5)18(19-4)20-10-15(3)22-9-7-6-8-14(22)2/h13-16H,6-12H2,1-5H3,(H,19,20). The van der Waals surface area contributed by atoms with E-state index in [2.05, 4.69) is 40.9 Å². The van der Waals surface area contributed by atoms with Gasteiger partial charge in [-0.1, -0.05) is 13.3 Å². The molecule has 0 spiro atoms. The number of hydrogen-bond donors (Lipinski definition) is 1. The van der Waals surface area contributed by atoms with Crippen LogP contribution in [0.1, 0.15) is 40.0 Å². The molecule has 2 rings (SSSR count). The van der Waals surface area contributed by atoms with Gasteiger partial charge in [0.1, 0.15) is 0 Å². The van der Waals surface area contributed by atoms with Crippen molar-refractivity contribution >= 4 is 11.9 Å². The number of esters is 1. The number of carbonyl (C=O) groups is 1. The van der Waals surface area contributed by atoms with E-state index in [9.17, 15) is 4.79 Å². The molecule has 2 aliphatic rings. The highest BCUT2D eigenvalue weighted by molar-refractivity contribution is 5.82. The molecule has 0 aromatic carbocycles. The van der Waals surface area contributed by atoms with E-state index in [0.29, 0.717) is 18.6 Å². The lowest BCUT2D eigenvalue weighted by Crippen LogP contribution is -2.50. The quantitative estimate of drug-likeness (QED) is 0.479. The zero-order valence-electron chi connectivity index (χ0n) is 15.9. The summed E-state index contributed by atoms with van der Waals surface area (Å²) in [6.07, 6.45) is 3.94. The summed E-state index contributed by atoms with van der Waals surface area (Å²) in [6, 6.07) is 1.14. The van der Waals surface area contributed by atoms with Crippen molar-refractivity contribution in [1.82, 2.24) is 15.1 Å². The fourth-order valence-electron chi connectivity index (χ4n) is 4.06. The maximum Gasteiger partial charge on any atom is 0.310 e. The predicted molar refractivity (Wildman–Crippen MR) is 97.1 cm³/mol. The monoisotopic (exact) mass is 338 g/mol. The number of hydrogen-bond acceptors (Lipinski definition) is 4. The van der Waals surface area contributed by atoms with Gasteiger partial charge < -0.3 is 15.0 Å². The van der Waals surface area contributed by atoms with Crippen LogP contribution >= 0.6 is 0 Å². The third-order valence-corrected chi connectivity index (χ3v) is 5.60. The number of carbonyl (C=O) groups excluding carboxylic acids is 1. The van der Waals surface area contributed by atoms with E-state index < -0.39 is 0 Å². The zero-order valence-corrected chi connectivity index (χ0v) is 15.9. The van der Waals surface area contributed by atoms with Crippen molar-refractivity contribution < 1.29 is 9.53 Å². The molecule has 0 aromatic rings. The zero-order chi connectivity index (χ0) is 17.7. The minimum atomic E-state index is -0.115. The number of ether oxygens (including phenoxy) is 1. The summed E-state index contributed by atoms with van der Waals surface area (Å²) >= 11 is 0. The van der Waals surface area contributed by atoms with Crippen LogP contribution in [0.25, 0.3) is 0 Å². The molecule has 2 fully saturated rings. The summed E-state index contributed by atoms with van der Waals surface area (Å²) in [5.41, 5.74) is 0. The van der Waals surface area contributed by atoms with E-state index >= 15 is 0 Å². The number of guanidine groups is 1. The molecule has 4 atom stereocenters. The van der Waals surface area contributed by atoms with Crippen LogP contribution in [0.5, 0.6) is 0 Å². The number of likely N-dealkylation sites (tertiary alicyclic amines) is 2. The molecule has 2 heterocycles. The SMILES string of the molecule is CN=C(NCC(C)N1CCCCC1C)N1CC(C)C(C(=O)OC)C1. The maximum atomic E-state index is 11.9. The largest absolute Gasteiger partial charge is 0.469 e. The van der Waals surface area contributed by atoms with Gasteiger partial charge in [0.25, 0.3) is 0 Å².